The molecule has 5 nitrogen and oxygen atoms in total. The molecule has 106 valence electrons. The zero-order chi connectivity index (χ0) is 14.6. The van der Waals surface area contributed by atoms with Gasteiger partial charge in [0, 0.05) is 12.5 Å². The highest BCUT2D eigenvalue weighted by Gasteiger charge is 2.23. The van der Waals surface area contributed by atoms with Crippen LogP contribution in [0.15, 0.2) is 23.1 Å². The Labute approximate surface area is 121 Å². The third kappa shape index (κ3) is 4.65. The quantitative estimate of drug-likeness (QED) is 0.841. The minimum absolute atomic E-state index is 0.0189. The van der Waals surface area contributed by atoms with Crippen LogP contribution in [0.3, 0.4) is 0 Å². The first-order valence-electron chi connectivity index (χ1n) is 5.42. The van der Waals surface area contributed by atoms with Crippen LogP contribution >= 0.6 is 23.2 Å². The molecule has 0 bridgehead atoms. The fraction of sp³-hybridized carbons (Fsp3) is 0.364. The maximum Gasteiger partial charge on any atom is 0.303 e. The van der Waals surface area contributed by atoms with Gasteiger partial charge in [-0.2, -0.15) is 0 Å². The Morgan fingerprint density at radius 1 is 1.37 bits per heavy atom. The molecule has 0 fully saturated rings. The highest BCUT2D eigenvalue weighted by molar-refractivity contribution is 7.89. The highest BCUT2D eigenvalue weighted by Crippen LogP contribution is 2.28. The van der Waals surface area contributed by atoms with Crippen LogP contribution in [0.2, 0.25) is 10.0 Å². The van der Waals surface area contributed by atoms with Crippen LogP contribution in [-0.2, 0) is 14.8 Å². The van der Waals surface area contributed by atoms with Gasteiger partial charge in [0.15, 0.2) is 0 Å². The van der Waals surface area contributed by atoms with E-state index in [1.807, 2.05) is 0 Å². The van der Waals surface area contributed by atoms with Gasteiger partial charge in [0.1, 0.15) is 4.90 Å². The van der Waals surface area contributed by atoms with Gasteiger partial charge in [-0.05, 0) is 25.5 Å². The first-order valence-corrected chi connectivity index (χ1v) is 7.66. The second-order valence-corrected chi connectivity index (χ2v) is 6.47. The minimum atomic E-state index is -3.88. The summed E-state index contributed by atoms with van der Waals surface area (Å²) >= 11 is 11.7. The topological polar surface area (TPSA) is 83.5 Å². The molecule has 0 aliphatic rings. The lowest BCUT2D eigenvalue weighted by Crippen LogP contribution is -2.33. The summed E-state index contributed by atoms with van der Waals surface area (Å²) in [4.78, 5) is 10.2. The summed E-state index contributed by atoms with van der Waals surface area (Å²) < 4.78 is 26.6. The second-order valence-electron chi connectivity index (χ2n) is 4.01. The molecule has 0 aliphatic heterocycles. The van der Waals surface area contributed by atoms with Crippen molar-refractivity contribution in [2.75, 3.05) is 0 Å². The predicted molar refractivity (Wildman–Crippen MR) is 73.1 cm³/mol. The third-order valence-electron chi connectivity index (χ3n) is 2.34. The maximum absolute atomic E-state index is 12.1. The molecule has 8 heteroatoms. The highest BCUT2D eigenvalue weighted by atomic mass is 35.5. The molecular weight excluding hydrogens is 313 g/mol. The summed E-state index contributed by atoms with van der Waals surface area (Å²) in [5, 5.41) is 8.58. The van der Waals surface area contributed by atoms with Crippen LogP contribution in [0.5, 0.6) is 0 Å². The van der Waals surface area contributed by atoms with Gasteiger partial charge < -0.3 is 5.11 Å². The predicted octanol–water partition coefficient (Wildman–Crippen LogP) is 2.53. The molecule has 0 saturated carbocycles. The summed E-state index contributed by atoms with van der Waals surface area (Å²) in [5.41, 5.74) is 0. The summed E-state index contributed by atoms with van der Waals surface area (Å²) in [7, 11) is -3.88. The summed E-state index contributed by atoms with van der Waals surface area (Å²) in [6, 6.07) is 3.85. The van der Waals surface area contributed by atoms with Gasteiger partial charge in [0.25, 0.3) is 0 Å². The molecule has 2 N–H and O–H groups in total. The van der Waals surface area contributed by atoms with Crippen molar-refractivity contribution in [2.24, 2.45) is 0 Å². The molecule has 0 aromatic heterocycles. The van der Waals surface area contributed by atoms with E-state index in [0.29, 0.717) is 0 Å². The molecule has 1 rings (SSSR count). The van der Waals surface area contributed by atoms with E-state index in [4.69, 9.17) is 28.3 Å². The molecule has 1 aromatic rings. The lowest BCUT2D eigenvalue weighted by atomic mass is 10.2. The van der Waals surface area contributed by atoms with Gasteiger partial charge in [-0.1, -0.05) is 29.3 Å². The number of hydrogen-bond donors (Lipinski definition) is 2. The molecule has 0 radical (unpaired) electrons. The van der Waals surface area contributed by atoms with Crippen LogP contribution < -0.4 is 4.72 Å². The molecule has 1 atom stereocenters. The van der Waals surface area contributed by atoms with E-state index >= 15 is 0 Å². The first kappa shape index (κ1) is 16.2. The number of carboxylic acid groups (broad SMARTS) is 1. The number of aliphatic carboxylic acids is 1. The van der Waals surface area contributed by atoms with Crippen molar-refractivity contribution in [2.45, 2.75) is 30.7 Å². The van der Waals surface area contributed by atoms with Crippen molar-refractivity contribution in [1.29, 1.82) is 0 Å². The van der Waals surface area contributed by atoms with E-state index in [0.717, 1.165) is 0 Å². The van der Waals surface area contributed by atoms with Crippen molar-refractivity contribution in [1.82, 2.24) is 4.72 Å². The lowest BCUT2D eigenvalue weighted by Gasteiger charge is -2.14. The van der Waals surface area contributed by atoms with E-state index in [1.54, 1.807) is 6.92 Å². The van der Waals surface area contributed by atoms with Crippen LogP contribution in [0.4, 0.5) is 0 Å². The number of hydrogen-bond acceptors (Lipinski definition) is 3. The fourth-order valence-electron chi connectivity index (χ4n) is 1.46. The summed E-state index contributed by atoms with van der Waals surface area (Å²) in [6.45, 7) is 1.57. The first-order chi connectivity index (χ1) is 8.74. The Morgan fingerprint density at radius 2 is 1.89 bits per heavy atom. The van der Waals surface area contributed by atoms with Crippen molar-refractivity contribution < 1.29 is 18.3 Å². The second kappa shape index (κ2) is 6.56. The zero-order valence-electron chi connectivity index (χ0n) is 10.1. The van der Waals surface area contributed by atoms with Crippen molar-refractivity contribution in [3.05, 3.63) is 28.2 Å². The fourth-order valence-corrected chi connectivity index (χ4v) is 3.88. The largest absolute Gasteiger partial charge is 0.481 e. The molecule has 0 heterocycles. The minimum Gasteiger partial charge on any atom is -0.481 e. The number of carbonyl (C=O) groups is 1. The molecule has 0 amide bonds. The van der Waals surface area contributed by atoms with E-state index in [-0.39, 0.29) is 27.8 Å². The maximum atomic E-state index is 12.1. The molecule has 0 saturated heterocycles. The van der Waals surface area contributed by atoms with Crippen molar-refractivity contribution in [3.63, 3.8) is 0 Å². The van der Waals surface area contributed by atoms with Gasteiger partial charge in [-0.25, -0.2) is 13.1 Å². The number of nitrogens with one attached hydrogen (secondary N) is 1. The molecular formula is C11H13Cl2NO4S. The Kier molecular flexibility index (Phi) is 5.61. The molecule has 1 unspecified atom stereocenters. The average molecular weight is 326 g/mol. The van der Waals surface area contributed by atoms with Crippen LogP contribution in [0.25, 0.3) is 0 Å². The van der Waals surface area contributed by atoms with Crippen LogP contribution in [0.1, 0.15) is 19.8 Å². The summed E-state index contributed by atoms with van der Waals surface area (Å²) in [6.07, 6.45) is 0.0522. The van der Waals surface area contributed by atoms with E-state index in [9.17, 15) is 13.2 Å². The number of sulfonamides is 1. The Hall–Kier alpha value is -0.820. The monoisotopic (exact) mass is 325 g/mol. The SMILES string of the molecule is CC(CCC(=O)O)NS(=O)(=O)c1c(Cl)cccc1Cl. The average Bonchev–Trinajstić information content (AvgIpc) is 2.25. The number of carboxylic acids is 1. The Balaban J connectivity index is 2.90. The molecule has 0 spiro atoms. The van der Waals surface area contributed by atoms with Crippen LogP contribution in [0, 0.1) is 0 Å². The normalized spacial score (nSPS) is 13.2. The number of rotatable bonds is 6. The van der Waals surface area contributed by atoms with E-state index in [1.165, 1.54) is 18.2 Å². The van der Waals surface area contributed by atoms with Gasteiger partial charge in [0.2, 0.25) is 10.0 Å². The standard InChI is InChI=1S/C11H13Cl2NO4S/c1-7(5-6-10(15)16)14-19(17,18)11-8(12)3-2-4-9(11)13/h2-4,7,14H,5-6H2,1H3,(H,15,16). The Bertz CT molecular complexity index is 554. The van der Waals surface area contributed by atoms with Gasteiger partial charge >= 0.3 is 5.97 Å². The molecule has 1 aromatic carbocycles. The number of benzene rings is 1. The smallest absolute Gasteiger partial charge is 0.303 e. The van der Waals surface area contributed by atoms with E-state index in [2.05, 4.69) is 4.72 Å². The summed E-state index contributed by atoms with van der Waals surface area (Å²) in [5.74, 6) is -0.984. The molecule has 19 heavy (non-hydrogen) atoms. The third-order valence-corrected chi connectivity index (χ3v) is 4.88. The number of halogens is 2. The van der Waals surface area contributed by atoms with Crippen LogP contribution in [-0.4, -0.2) is 25.5 Å². The van der Waals surface area contributed by atoms with Gasteiger partial charge in [-0.15, -0.1) is 0 Å². The van der Waals surface area contributed by atoms with Crippen molar-refractivity contribution in [3.8, 4) is 0 Å². The van der Waals surface area contributed by atoms with Crippen molar-refractivity contribution >= 4 is 39.2 Å². The van der Waals surface area contributed by atoms with Gasteiger partial charge in [0.05, 0.1) is 10.0 Å². The Morgan fingerprint density at radius 3 is 2.37 bits per heavy atom. The lowest BCUT2D eigenvalue weighted by molar-refractivity contribution is -0.137. The molecule has 0 aliphatic carbocycles. The van der Waals surface area contributed by atoms with Gasteiger partial charge in [-0.3, -0.25) is 4.79 Å². The zero-order valence-corrected chi connectivity index (χ0v) is 12.4. The van der Waals surface area contributed by atoms with E-state index < -0.39 is 22.0 Å².